The number of nitrogen functional groups attached to an aromatic ring is 1. The molecule has 0 spiro atoms. The second-order valence-electron chi connectivity index (χ2n) is 4.94. The number of nitriles is 1. The molecule has 1 unspecified atom stereocenters. The van der Waals surface area contributed by atoms with Crippen LogP contribution >= 0.6 is 0 Å². The monoisotopic (exact) mass is 309 g/mol. The lowest BCUT2D eigenvalue weighted by molar-refractivity contribution is 0.0752. The molecule has 0 radical (unpaired) electrons. The smallest absolute Gasteiger partial charge is 0.254 e. The van der Waals surface area contributed by atoms with Gasteiger partial charge >= 0.3 is 0 Å². The second kappa shape index (κ2) is 6.59. The van der Waals surface area contributed by atoms with Gasteiger partial charge < -0.3 is 10.6 Å². The highest BCUT2D eigenvalue weighted by Gasteiger charge is 2.19. The summed E-state index contributed by atoms with van der Waals surface area (Å²) in [6.45, 7) is 4.23. The average Bonchev–Trinajstić information content (AvgIpc) is 2.42. The van der Waals surface area contributed by atoms with Crippen LogP contribution in [0, 0.1) is 17.2 Å². The molecule has 114 valence electrons. The molecule has 1 amide bonds. The number of nitrogens with two attached hydrogens (primary N) is 1. The van der Waals surface area contributed by atoms with Gasteiger partial charge in [-0.15, -0.1) is 0 Å². The van der Waals surface area contributed by atoms with E-state index in [9.17, 15) is 13.2 Å². The van der Waals surface area contributed by atoms with Gasteiger partial charge in [-0.25, -0.2) is 8.42 Å². The van der Waals surface area contributed by atoms with Crippen LogP contribution in [-0.2, 0) is 9.84 Å². The summed E-state index contributed by atoms with van der Waals surface area (Å²) < 4.78 is 23.2. The molecule has 6 nitrogen and oxygen atoms in total. The summed E-state index contributed by atoms with van der Waals surface area (Å²) in [4.78, 5) is 13.9. The number of carbonyl (C=O) groups is 1. The van der Waals surface area contributed by atoms with E-state index in [2.05, 4.69) is 6.07 Å². The molecule has 7 heteroatoms. The Bertz CT molecular complexity index is 677. The van der Waals surface area contributed by atoms with Crippen LogP contribution in [0.3, 0.4) is 0 Å². The molecule has 1 atom stereocenters. The largest absolute Gasteiger partial charge is 0.399 e. The second-order valence-corrected chi connectivity index (χ2v) is 6.95. The predicted molar refractivity (Wildman–Crippen MR) is 80.3 cm³/mol. The minimum absolute atomic E-state index is 0.00948. The molecule has 2 N–H and O–H groups in total. The van der Waals surface area contributed by atoms with Crippen molar-refractivity contribution in [3.63, 3.8) is 0 Å². The van der Waals surface area contributed by atoms with Gasteiger partial charge in [0.2, 0.25) is 0 Å². The van der Waals surface area contributed by atoms with Crippen LogP contribution in [0.2, 0.25) is 0 Å². The molecule has 1 rings (SSSR count). The van der Waals surface area contributed by atoms with E-state index < -0.39 is 9.84 Å². The lowest BCUT2D eigenvalue weighted by atomic mass is 10.1. The van der Waals surface area contributed by atoms with Gasteiger partial charge in [0, 0.05) is 30.6 Å². The van der Waals surface area contributed by atoms with Crippen LogP contribution in [0.1, 0.15) is 24.2 Å². The topological polar surface area (TPSA) is 104 Å². The highest BCUT2D eigenvalue weighted by atomic mass is 32.2. The average molecular weight is 309 g/mol. The van der Waals surface area contributed by atoms with Crippen LogP contribution in [0.5, 0.6) is 0 Å². The van der Waals surface area contributed by atoms with Crippen LogP contribution in [0.25, 0.3) is 0 Å². The number of anilines is 1. The first-order chi connectivity index (χ1) is 9.68. The van der Waals surface area contributed by atoms with Crippen LogP contribution < -0.4 is 5.73 Å². The minimum atomic E-state index is -3.44. The Morgan fingerprint density at radius 1 is 1.43 bits per heavy atom. The fourth-order valence-corrected chi connectivity index (χ4v) is 2.56. The number of hydrogen-bond donors (Lipinski definition) is 1. The molecule has 0 aromatic heterocycles. The fourth-order valence-electron chi connectivity index (χ4n) is 1.87. The highest BCUT2D eigenvalue weighted by molar-refractivity contribution is 7.90. The molecule has 0 aliphatic rings. The third-order valence-corrected chi connectivity index (χ3v) is 4.08. The third kappa shape index (κ3) is 4.46. The van der Waals surface area contributed by atoms with Gasteiger partial charge in [0.25, 0.3) is 5.91 Å². The summed E-state index contributed by atoms with van der Waals surface area (Å²) in [5, 5.41) is 8.84. The van der Waals surface area contributed by atoms with Gasteiger partial charge in [0.1, 0.15) is 0 Å². The number of hydrogen-bond acceptors (Lipinski definition) is 5. The first-order valence-electron chi connectivity index (χ1n) is 6.48. The van der Waals surface area contributed by atoms with Gasteiger partial charge in [-0.1, -0.05) is 0 Å². The van der Waals surface area contributed by atoms with Crippen molar-refractivity contribution in [2.75, 3.05) is 25.1 Å². The van der Waals surface area contributed by atoms with E-state index >= 15 is 0 Å². The van der Waals surface area contributed by atoms with Crippen molar-refractivity contribution in [1.82, 2.24) is 4.90 Å². The Hall–Kier alpha value is -2.07. The van der Waals surface area contributed by atoms with Crippen molar-refractivity contribution in [3.8, 4) is 6.07 Å². The van der Waals surface area contributed by atoms with Crippen molar-refractivity contribution < 1.29 is 13.2 Å². The predicted octanol–water partition coefficient (Wildman–Crippen LogP) is 1.29. The van der Waals surface area contributed by atoms with Gasteiger partial charge in [-0.05, 0) is 32.0 Å². The maximum Gasteiger partial charge on any atom is 0.254 e. The van der Waals surface area contributed by atoms with Crippen molar-refractivity contribution in [3.05, 3.63) is 23.8 Å². The SMILES string of the molecule is CCN(CC(C)C#N)C(=O)c1cc(N)cc(S(C)(=O)=O)c1. The first kappa shape index (κ1) is 17.0. The van der Waals surface area contributed by atoms with E-state index in [0.29, 0.717) is 6.54 Å². The number of amides is 1. The Morgan fingerprint density at radius 2 is 2.05 bits per heavy atom. The number of nitrogens with zero attached hydrogens (tertiary/aromatic N) is 2. The summed E-state index contributed by atoms with van der Waals surface area (Å²) in [5.74, 6) is -0.638. The summed E-state index contributed by atoms with van der Waals surface area (Å²) >= 11 is 0. The quantitative estimate of drug-likeness (QED) is 0.825. The molecule has 0 saturated heterocycles. The molecular formula is C14H19N3O3S. The van der Waals surface area contributed by atoms with Crippen molar-refractivity contribution >= 4 is 21.4 Å². The lowest BCUT2D eigenvalue weighted by Gasteiger charge is -2.22. The molecule has 0 fully saturated rings. The Balaban J connectivity index is 3.18. The molecule has 1 aromatic carbocycles. The number of rotatable bonds is 5. The van der Waals surface area contributed by atoms with E-state index in [4.69, 9.17) is 11.0 Å². The first-order valence-corrected chi connectivity index (χ1v) is 8.37. The summed E-state index contributed by atoms with van der Waals surface area (Å²) in [7, 11) is -3.44. The standard InChI is InChI=1S/C14H19N3O3S/c1-4-17(9-10(2)8-15)14(18)11-5-12(16)7-13(6-11)21(3,19)20/h5-7,10H,4,9,16H2,1-3H3. The van der Waals surface area contributed by atoms with Crippen LogP contribution in [0.4, 0.5) is 5.69 Å². The van der Waals surface area contributed by atoms with Crippen molar-refractivity contribution in [2.24, 2.45) is 5.92 Å². The van der Waals surface area contributed by atoms with E-state index in [1.165, 1.54) is 23.1 Å². The lowest BCUT2D eigenvalue weighted by Crippen LogP contribution is -2.34. The van der Waals surface area contributed by atoms with E-state index in [0.717, 1.165) is 6.26 Å². The maximum absolute atomic E-state index is 12.4. The zero-order chi connectivity index (χ0) is 16.2. The number of sulfone groups is 1. The minimum Gasteiger partial charge on any atom is -0.399 e. The molecule has 21 heavy (non-hydrogen) atoms. The van der Waals surface area contributed by atoms with E-state index in [-0.39, 0.29) is 34.5 Å². The third-order valence-electron chi connectivity index (χ3n) is 2.99. The Kier molecular flexibility index (Phi) is 5.33. The summed E-state index contributed by atoms with van der Waals surface area (Å²) in [6, 6.07) is 6.14. The van der Waals surface area contributed by atoms with Crippen LogP contribution in [-0.4, -0.2) is 38.6 Å². The van der Waals surface area contributed by atoms with Gasteiger partial charge in [0.15, 0.2) is 9.84 Å². The summed E-state index contributed by atoms with van der Waals surface area (Å²) in [5.41, 5.74) is 6.10. The highest BCUT2D eigenvalue weighted by Crippen LogP contribution is 2.18. The molecule has 0 aliphatic carbocycles. The Labute approximate surface area is 125 Å². The van der Waals surface area contributed by atoms with Gasteiger partial charge in [-0.3, -0.25) is 4.79 Å². The Morgan fingerprint density at radius 3 is 2.52 bits per heavy atom. The van der Waals surface area contributed by atoms with Gasteiger partial charge in [-0.2, -0.15) is 5.26 Å². The molecule has 0 saturated carbocycles. The van der Waals surface area contributed by atoms with E-state index in [1.54, 1.807) is 13.8 Å². The zero-order valence-electron chi connectivity index (χ0n) is 12.3. The number of benzene rings is 1. The molecule has 0 heterocycles. The molecular weight excluding hydrogens is 290 g/mol. The molecule has 0 bridgehead atoms. The van der Waals surface area contributed by atoms with Crippen molar-refractivity contribution in [1.29, 1.82) is 5.26 Å². The fraction of sp³-hybridized carbons (Fsp3) is 0.429. The summed E-state index contributed by atoms with van der Waals surface area (Å²) in [6.07, 6.45) is 1.06. The van der Waals surface area contributed by atoms with Crippen molar-refractivity contribution in [2.45, 2.75) is 18.7 Å². The number of carbonyl (C=O) groups excluding carboxylic acids is 1. The van der Waals surface area contributed by atoms with Gasteiger partial charge in [0.05, 0.1) is 16.9 Å². The molecule has 1 aromatic rings. The van der Waals surface area contributed by atoms with Crippen LogP contribution in [0.15, 0.2) is 23.1 Å². The normalized spacial score (nSPS) is 12.5. The molecule has 0 aliphatic heterocycles. The van der Waals surface area contributed by atoms with E-state index in [1.807, 2.05) is 0 Å². The zero-order valence-corrected chi connectivity index (χ0v) is 13.1. The maximum atomic E-state index is 12.4.